The van der Waals surface area contributed by atoms with E-state index in [0.29, 0.717) is 6.07 Å². The van der Waals surface area contributed by atoms with Gasteiger partial charge in [0.25, 0.3) is 0 Å². The molecule has 1 atom stereocenters. The summed E-state index contributed by atoms with van der Waals surface area (Å²) in [6, 6.07) is 2.46. The molecule has 1 rings (SSSR count). The number of Topliss-reactive ketones (excluding diaryl/α,β-unsaturated/α-hetero) is 1. The van der Waals surface area contributed by atoms with Gasteiger partial charge in [0.2, 0.25) is 0 Å². The van der Waals surface area contributed by atoms with Crippen molar-refractivity contribution in [3.05, 3.63) is 35.4 Å². The molecular weight excluding hydrogens is 274 g/mol. The molecule has 0 saturated carbocycles. The number of ketones is 1. The third-order valence-corrected chi connectivity index (χ3v) is 5.09. The first-order valence-corrected chi connectivity index (χ1v) is 7.57. The maximum absolute atomic E-state index is 13.5. The van der Waals surface area contributed by atoms with Crippen molar-refractivity contribution in [1.82, 2.24) is 0 Å². The number of rotatable bonds is 5. The Bertz CT molecular complexity index is 580. The normalized spacial score (nSPS) is 13.6. The fraction of sp³-hybridized carbons (Fsp3) is 0.462. The Morgan fingerprint density at radius 3 is 2.26 bits per heavy atom. The lowest BCUT2D eigenvalue weighted by atomic mass is 10.1. The molecule has 0 heterocycles. The van der Waals surface area contributed by atoms with Gasteiger partial charge in [-0.25, -0.2) is 17.2 Å². The van der Waals surface area contributed by atoms with E-state index in [4.69, 9.17) is 0 Å². The second-order valence-corrected chi connectivity index (χ2v) is 7.22. The van der Waals surface area contributed by atoms with Crippen LogP contribution in [0.15, 0.2) is 18.2 Å². The van der Waals surface area contributed by atoms with Gasteiger partial charge in [-0.1, -0.05) is 13.8 Å². The van der Waals surface area contributed by atoms with E-state index in [2.05, 4.69) is 0 Å². The first-order chi connectivity index (χ1) is 8.65. The molecule has 0 radical (unpaired) electrons. The van der Waals surface area contributed by atoms with Crippen molar-refractivity contribution in [1.29, 1.82) is 0 Å². The van der Waals surface area contributed by atoms with Gasteiger partial charge in [0, 0.05) is 6.07 Å². The van der Waals surface area contributed by atoms with E-state index in [1.807, 2.05) is 0 Å². The van der Waals surface area contributed by atoms with Crippen molar-refractivity contribution in [3.63, 3.8) is 0 Å². The van der Waals surface area contributed by atoms with Crippen LogP contribution in [0.5, 0.6) is 0 Å². The highest BCUT2D eigenvalue weighted by Crippen LogP contribution is 2.17. The molecule has 0 amide bonds. The molecule has 1 aromatic carbocycles. The lowest BCUT2D eigenvalue weighted by Gasteiger charge is -2.14. The van der Waals surface area contributed by atoms with Crippen LogP contribution < -0.4 is 0 Å². The summed E-state index contributed by atoms with van der Waals surface area (Å²) in [5, 5.41) is -1.34. The first kappa shape index (κ1) is 15.8. The van der Waals surface area contributed by atoms with Crippen molar-refractivity contribution in [2.24, 2.45) is 5.92 Å². The Morgan fingerprint density at radius 2 is 1.79 bits per heavy atom. The van der Waals surface area contributed by atoms with Gasteiger partial charge < -0.3 is 0 Å². The summed E-state index contributed by atoms with van der Waals surface area (Å²) in [6.07, 6.45) is 0. The van der Waals surface area contributed by atoms with Gasteiger partial charge in [0.1, 0.15) is 16.9 Å². The smallest absolute Gasteiger partial charge is 0.183 e. The van der Waals surface area contributed by atoms with Gasteiger partial charge in [-0.3, -0.25) is 4.79 Å². The standard InChI is InChI=1S/C13H16F2O3S/c1-8(2)7-19(17,18)9(3)13(16)11-5-4-10(14)6-12(11)15/h4-6,8-9H,7H2,1-3H3. The minimum atomic E-state index is -3.64. The van der Waals surface area contributed by atoms with Crippen LogP contribution >= 0.6 is 0 Å². The summed E-state index contributed by atoms with van der Waals surface area (Å²) >= 11 is 0. The monoisotopic (exact) mass is 290 g/mol. The Hall–Kier alpha value is -1.30. The van der Waals surface area contributed by atoms with E-state index in [1.54, 1.807) is 13.8 Å². The lowest BCUT2D eigenvalue weighted by molar-refractivity contribution is 0.0987. The van der Waals surface area contributed by atoms with Crippen molar-refractivity contribution in [2.45, 2.75) is 26.0 Å². The van der Waals surface area contributed by atoms with Crippen LogP contribution in [-0.2, 0) is 9.84 Å². The molecular formula is C13H16F2O3S. The van der Waals surface area contributed by atoms with Gasteiger partial charge in [0.05, 0.1) is 11.3 Å². The minimum Gasteiger partial charge on any atom is -0.293 e. The largest absolute Gasteiger partial charge is 0.293 e. The second-order valence-electron chi connectivity index (χ2n) is 4.85. The third kappa shape index (κ3) is 3.83. The number of halogens is 2. The molecule has 6 heteroatoms. The van der Waals surface area contributed by atoms with E-state index in [0.717, 1.165) is 12.1 Å². The Morgan fingerprint density at radius 1 is 1.21 bits per heavy atom. The summed E-state index contributed by atoms with van der Waals surface area (Å²) in [6.45, 7) is 4.66. The molecule has 0 bridgehead atoms. The van der Waals surface area contributed by atoms with Crippen LogP contribution in [0.4, 0.5) is 8.78 Å². The van der Waals surface area contributed by atoms with Crippen molar-refractivity contribution < 1.29 is 22.0 Å². The van der Waals surface area contributed by atoms with Crippen LogP contribution in [-0.4, -0.2) is 25.2 Å². The number of sulfone groups is 1. The number of benzene rings is 1. The molecule has 19 heavy (non-hydrogen) atoms. The Balaban J connectivity index is 3.06. The van der Waals surface area contributed by atoms with Gasteiger partial charge in [-0.2, -0.15) is 0 Å². The van der Waals surface area contributed by atoms with Gasteiger partial charge in [-0.15, -0.1) is 0 Å². The average molecular weight is 290 g/mol. The molecule has 3 nitrogen and oxygen atoms in total. The van der Waals surface area contributed by atoms with Gasteiger partial charge >= 0.3 is 0 Å². The first-order valence-electron chi connectivity index (χ1n) is 5.86. The zero-order valence-electron chi connectivity index (χ0n) is 11.0. The molecule has 0 aliphatic heterocycles. The number of hydrogen-bond donors (Lipinski definition) is 0. The van der Waals surface area contributed by atoms with E-state index in [9.17, 15) is 22.0 Å². The summed E-state index contributed by atoms with van der Waals surface area (Å²) in [4.78, 5) is 12.0. The Labute approximate surface area is 111 Å². The van der Waals surface area contributed by atoms with Crippen LogP contribution in [0.2, 0.25) is 0 Å². The lowest BCUT2D eigenvalue weighted by Crippen LogP contribution is -2.31. The van der Waals surface area contributed by atoms with Crippen molar-refractivity contribution >= 4 is 15.6 Å². The highest BCUT2D eigenvalue weighted by atomic mass is 32.2. The molecule has 0 aliphatic carbocycles. The van der Waals surface area contributed by atoms with Crippen LogP contribution in [0, 0.1) is 17.6 Å². The fourth-order valence-electron chi connectivity index (χ4n) is 1.68. The minimum absolute atomic E-state index is 0.127. The van der Waals surface area contributed by atoms with E-state index < -0.39 is 38.1 Å². The number of hydrogen-bond acceptors (Lipinski definition) is 3. The van der Waals surface area contributed by atoms with E-state index in [-0.39, 0.29) is 11.7 Å². The van der Waals surface area contributed by atoms with Crippen molar-refractivity contribution in [2.75, 3.05) is 5.75 Å². The fourth-order valence-corrected chi connectivity index (χ4v) is 3.35. The molecule has 0 aromatic heterocycles. The molecule has 0 spiro atoms. The van der Waals surface area contributed by atoms with E-state index >= 15 is 0 Å². The third-order valence-electron chi connectivity index (χ3n) is 2.67. The van der Waals surface area contributed by atoms with Crippen molar-refractivity contribution in [3.8, 4) is 0 Å². The van der Waals surface area contributed by atoms with Gasteiger partial charge in [0.15, 0.2) is 15.6 Å². The van der Waals surface area contributed by atoms with Crippen LogP contribution in [0.1, 0.15) is 31.1 Å². The topological polar surface area (TPSA) is 51.2 Å². The van der Waals surface area contributed by atoms with Crippen LogP contribution in [0.25, 0.3) is 0 Å². The maximum atomic E-state index is 13.5. The summed E-state index contributed by atoms with van der Waals surface area (Å²) < 4.78 is 50.0. The quantitative estimate of drug-likeness (QED) is 0.783. The highest BCUT2D eigenvalue weighted by molar-refractivity contribution is 7.92. The molecule has 0 aliphatic rings. The molecule has 106 valence electrons. The molecule has 1 aromatic rings. The van der Waals surface area contributed by atoms with Gasteiger partial charge in [-0.05, 0) is 25.0 Å². The summed E-state index contributed by atoms with van der Waals surface area (Å²) in [7, 11) is -3.64. The molecule has 0 fully saturated rings. The molecule has 1 unspecified atom stereocenters. The zero-order valence-corrected chi connectivity index (χ0v) is 11.8. The molecule has 0 N–H and O–H groups in total. The highest BCUT2D eigenvalue weighted by Gasteiger charge is 2.30. The number of carbonyl (C=O) groups excluding carboxylic acids is 1. The average Bonchev–Trinajstić information content (AvgIpc) is 2.25. The summed E-state index contributed by atoms with van der Waals surface area (Å²) in [5.41, 5.74) is -0.402. The van der Waals surface area contributed by atoms with E-state index in [1.165, 1.54) is 6.92 Å². The Kier molecular flexibility index (Phi) is 4.79. The second kappa shape index (κ2) is 5.77. The maximum Gasteiger partial charge on any atom is 0.183 e. The predicted octanol–water partition coefficient (Wildman–Crippen LogP) is 2.61. The summed E-state index contributed by atoms with van der Waals surface area (Å²) in [5.74, 6) is -2.98. The molecule has 0 saturated heterocycles. The predicted molar refractivity (Wildman–Crippen MR) is 68.8 cm³/mol. The number of carbonyl (C=O) groups is 1. The zero-order chi connectivity index (χ0) is 14.8. The van der Waals surface area contributed by atoms with Crippen LogP contribution in [0.3, 0.4) is 0 Å². The SMILES string of the molecule is CC(C)CS(=O)(=O)C(C)C(=O)c1ccc(F)cc1F.